The number of carbonyl (C=O) groups is 1. The first-order valence-corrected chi connectivity index (χ1v) is 10.6. The summed E-state index contributed by atoms with van der Waals surface area (Å²) < 4.78 is 0. The van der Waals surface area contributed by atoms with E-state index in [-0.39, 0.29) is 5.91 Å². The second-order valence-corrected chi connectivity index (χ2v) is 8.37. The van der Waals surface area contributed by atoms with E-state index < -0.39 is 0 Å². The number of amides is 1. The van der Waals surface area contributed by atoms with Crippen LogP contribution in [0.25, 0.3) is 11.1 Å². The largest absolute Gasteiger partial charge is 0.370 e. The fraction of sp³-hybridized carbons (Fsp3) is 0.240. The van der Waals surface area contributed by atoms with Gasteiger partial charge in [0.2, 0.25) is 0 Å². The van der Waals surface area contributed by atoms with Gasteiger partial charge in [-0.25, -0.2) is 0 Å². The number of carbonyl (C=O) groups excluding carboxylic acids is 1. The molecular weight excluding hydrogens is 394 g/mol. The Morgan fingerprint density at radius 2 is 1.53 bits per heavy atom. The third-order valence-corrected chi connectivity index (χ3v) is 5.96. The molecule has 1 saturated heterocycles. The van der Waals surface area contributed by atoms with E-state index in [1.165, 1.54) is 12.1 Å². The molecule has 1 aliphatic rings. The van der Waals surface area contributed by atoms with Gasteiger partial charge in [-0.3, -0.25) is 4.79 Å². The fourth-order valence-electron chi connectivity index (χ4n) is 3.81. The second kappa shape index (κ2) is 8.90. The third-order valence-electron chi connectivity index (χ3n) is 5.71. The SMILES string of the molecule is CN(C)C1CCN(c2ccc(NC(=O)c3ccc(-c4ccc(Cl)cc4)cc3)cc2)C1. The number of hydrogen-bond donors (Lipinski definition) is 1. The molecule has 1 N–H and O–H groups in total. The van der Waals surface area contributed by atoms with Gasteiger partial charge in [-0.05, 0) is 80.2 Å². The van der Waals surface area contributed by atoms with Crippen molar-refractivity contribution in [2.45, 2.75) is 12.5 Å². The quantitative estimate of drug-likeness (QED) is 0.601. The highest BCUT2D eigenvalue weighted by Gasteiger charge is 2.23. The van der Waals surface area contributed by atoms with Crippen LogP contribution in [-0.2, 0) is 0 Å². The van der Waals surface area contributed by atoms with Crippen LogP contribution in [0.1, 0.15) is 16.8 Å². The lowest BCUT2D eigenvalue weighted by Crippen LogP contribution is -2.31. The van der Waals surface area contributed by atoms with Crippen molar-refractivity contribution in [3.05, 3.63) is 83.4 Å². The molecule has 0 spiro atoms. The van der Waals surface area contributed by atoms with E-state index in [4.69, 9.17) is 11.6 Å². The molecule has 4 nitrogen and oxygen atoms in total. The first-order chi connectivity index (χ1) is 14.5. The van der Waals surface area contributed by atoms with E-state index >= 15 is 0 Å². The Labute approximate surface area is 183 Å². The highest BCUT2D eigenvalue weighted by molar-refractivity contribution is 6.30. The number of halogens is 1. The maximum Gasteiger partial charge on any atom is 0.255 e. The standard InChI is InChI=1S/C25H26ClN3O/c1-28(2)24-15-16-29(17-24)23-13-11-22(12-14-23)27-25(30)20-5-3-18(4-6-20)19-7-9-21(26)10-8-19/h3-14,24H,15-17H2,1-2H3,(H,27,30). The molecule has 3 aromatic carbocycles. The van der Waals surface area contributed by atoms with Gasteiger partial charge in [0.15, 0.2) is 0 Å². The molecule has 3 aromatic rings. The minimum absolute atomic E-state index is 0.112. The van der Waals surface area contributed by atoms with Crippen molar-refractivity contribution in [1.29, 1.82) is 0 Å². The maximum absolute atomic E-state index is 12.6. The van der Waals surface area contributed by atoms with Crippen molar-refractivity contribution in [3.8, 4) is 11.1 Å². The van der Waals surface area contributed by atoms with Crippen LogP contribution in [-0.4, -0.2) is 44.0 Å². The predicted molar refractivity (Wildman–Crippen MR) is 126 cm³/mol. The van der Waals surface area contributed by atoms with Gasteiger partial charge < -0.3 is 15.1 Å². The highest BCUT2D eigenvalue weighted by atomic mass is 35.5. The van der Waals surface area contributed by atoms with E-state index in [1.54, 1.807) is 0 Å². The Kier molecular flexibility index (Phi) is 6.07. The lowest BCUT2D eigenvalue weighted by molar-refractivity contribution is 0.102. The van der Waals surface area contributed by atoms with Gasteiger partial charge in [-0.1, -0.05) is 35.9 Å². The lowest BCUT2D eigenvalue weighted by atomic mass is 10.0. The molecule has 1 heterocycles. The molecule has 0 aromatic heterocycles. The van der Waals surface area contributed by atoms with Crippen LogP contribution in [0, 0.1) is 0 Å². The van der Waals surface area contributed by atoms with Crippen LogP contribution in [0.3, 0.4) is 0 Å². The van der Waals surface area contributed by atoms with Crippen molar-refractivity contribution < 1.29 is 4.79 Å². The second-order valence-electron chi connectivity index (χ2n) is 7.94. The maximum atomic E-state index is 12.6. The summed E-state index contributed by atoms with van der Waals surface area (Å²) in [6.45, 7) is 2.10. The zero-order valence-corrected chi connectivity index (χ0v) is 18.1. The van der Waals surface area contributed by atoms with E-state index in [1.807, 2.05) is 60.7 Å². The summed E-state index contributed by atoms with van der Waals surface area (Å²) in [5, 5.41) is 3.70. The minimum Gasteiger partial charge on any atom is -0.370 e. The number of benzene rings is 3. The van der Waals surface area contributed by atoms with Crippen LogP contribution in [0.2, 0.25) is 5.02 Å². The average molecular weight is 420 g/mol. The summed E-state index contributed by atoms with van der Waals surface area (Å²) in [7, 11) is 4.27. The molecule has 1 amide bonds. The highest BCUT2D eigenvalue weighted by Crippen LogP contribution is 2.25. The zero-order chi connectivity index (χ0) is 21.1. The molecule has 1 unspecified atom stereocenters. The molecule has 4 rings (SSSR count). The number of anilines is 2. The van der Waals surface area contributed by atoms with Gasteiger partial charge in [-0.15, -0.1) is 0 Å². The molecular formula is C25H26ClN3O. The van der Waals surface area contributed by atoms with E-state index in [0.717, 1.165) is 29.9 Å². The van der Waals surface area contributed by atoms with Gasteiger partial charge in [0.1, 0.15) is 0 Å². The summed E-state index contributed by atoms with van der Waals surface area (Å²) in [6, 6.07) is 24.0. The molecule has 1 aliphatic heterocycles. The zero-order valence-electron chi connectivity index (χ0n) is 17.3. The van der Waals surface area contributed by atoms with Gasteiger partial charge in [-0.2, -0.15) is 0 Å². The Balaban J connectivity index is 1.38. The molecule has 0 aliphatic carbocycles. The summed E-state index contributed by atoms with van der Waals surface area (Å²) in [5.41, 5.74) is 4.75. The number of nitrogens with one attached hydrogen (secondary N) is 1. The van der Waals surface area contributed by atoms with Crippen LogP contribution in [0.5, 0.6) is 0 Å². The van der Waals surface area contributed by atoms with E-state index in [9.17, 15) is 4.79 Å². The van der Waals surface area contributed by atoms with Crippen molar-refractivity contribution in [2.24, 2.45) is 0 Å². The van der Waals surface area contributed by atoms with Crippen molar-refractivity contribution in [2.75, 3.05) is 37.4 Å². The fourth-order valence-corrected chi connectivity index (χ4v) is 3.94. The van der Waals surface area contributed by atoms with Gasteiger partial charge in [0.25, 0.3) is 5.91 Å². The van der Waals surface area contributed by atoms with Gasteiger partial charge in [0.05, 0.1) is 0 Å². The monoisotopic (exact) mass is 419 g/mol. The van der Waals surface area contributed by atoms with Gasteiger partial charge >= 0.3 is 0 Å². The average Bonchev–Trinajstić information content (AvgIpc) is 3.26. The van der Waals surface area contributed by atoms with Crippen LogP contribution in [0.4, 0.5) is 11.4 Å². The van der Waals surface area contributed by atoms with Crippen molar-refractivity contribution in [3.63, 3.8) is 0 Å². The van der Waals surface area contributed by atoms with E-state index in [0.29, 0.717) is 16.6 Å². The van der Waals surface area contributed by atoms with Gasteiger partial charge in [0, 0.05) is 41.1 Å². The molecule has 0 saturated carbocycles. The summed E-state index contributed by atoms with van der Waals surface area (Å²) in [4.78, 5) is 17.3. The number of rotatable bonds is 5. The Morgan fingerprint density at radius 3 is 2.10 bits per heavy atom. The number of hydrogen-bond acceptors (Lipinski definition) is 3. The summed E-state index contributed by atoms with van der Waals surface area (Å²) >= 11 is 5.95. The minimum atomic E-state index is -0.112. The van der Waals surface area contributed by atoms with Crippen molar-refractivity contribution >= 4 is 28.9 Å². The molecule has 30 heavy (non-hydrogen) atoms. The first-order valence-electron chi connectivity index (χ1n) is 10.2. The summed E-state index contributed by atoms with van der Waals surface area (Å²) in [6.07, 6.45) is 1.18. The molecule has 154 valence electrons. The van der Waals surface area contributed by atoms with E-state index in [2.05, 4.69) is 41.3 Å². The smallest absolute Gasteiger partial charge is 0.255 e. The Hall–Kier alpha value is -2.82. The predicted octanol–water partition coefficient (Wildman–Crippen LogP) is 5.40. The third kappa shape index (κ3) is 4.66. The molecule has 0 bridgehead atoms. The Bertz CT molecular complexity index is 998. The van der Waals surface area contributed by atoms with Crippen LogP contribution < -0.4 is 10.2 Å². The normalized spacial score (nSPS) is 16.1. The Morgan fingerprint density at radius 1 is 0.933 bits per heavy atom. The molecule has 1 atom stereocenters. The number of nitrogens with zero attached hydrogens (tertiary/aromatic N) is 2. The van der Waals surface area contributed by atoms with Crippen molar-refractivity contribution in [1.82, 2.24) is 4.90 Å². The topological polar surface area (TPSA) is 35.6 Å². The first kappa shape index (κ1) is 20.5. The number of likely N-dealkylation sites (N-methyl/N-ethyl adjacent to an activating group) is 1. The lowest BCUT2D eigenvalue weighted by Gasteiger charge is -2.22. The molecule has 0 radical (unpaired) electrons. The van der Waals surface area contributed by atoms with Crippen LogP contribution >= 0.6 is 11.6 Å². The summed E-state index contributed by atoms with van der Waals surface area (Å²) in [5.74, 6) is -0.112. The molecule has 5 heteroatoms. The van der Waals surface area contributed by atoms with Crippen LogP contribution in [0.15, 0.2) is 72.8 Å². The molecule has 1 fully saturated rings.